The standard InChI is InChI=1S/C14H27NO/c1-11(12(2)15-3)10-13-6-9-14(16-13)7-4-5-8-14/h11-13,15H,4-10H2,1-3H3. The van der Waals surface area contributed by atoms with Crippen LogP contribution in [-0.4, -0.2) is 24.8 Å². The van der Waals surface area contributed by atoms with Crippen molar-refractivity contribution in [3.8, 4) is 0 Å². The van der Waals surface area contributed by atoms with Crippen LogP contribution >= 0.6 is 0 Å². The van der Waals surface area contributed by atoms with Crippen LogP contribution in [0.15, 0.2) is 0 Å². The quantitative estimate of drug-likeness (QED) is 0.794. The van der Waals surface area contributed by atoms with Crippen molar-refractivity contribution in [1.82, 2.24) is 5.32 Å². The van der Waals surface area contributed by atoms with E-state index in [1.54, 1.807) is 0 Å². The maximum absolute atomic E-state index is 6.35. The minimum absolute atomic E-state index is 0.313. The average molecular weight is 225 g/mol. The highest BCUT2D eigenvalue weighted by atomic mass is 16.5. The zero-order valence-corrected chi connectivity index (χ0v) is 11.1. The molecule has 1 aliphatic heterocycles. The molecular formula is C14H27NO. The summed E-state index contributed by atoms with van der Waals surface area (Å²) >= 11 is 0. The Morgan fingerprint density at radius 2 is 1.94 bits per heavy atom. The Bertz CT molecular complexity index is 223. The van der Waals surface area contributed by atoms with Gasteiger partial charge in [0.25, 0.3) is 0 Å². The molecule has 1 N–H and O–H groups in total. The van der Waals surface area contributed by atoms with E-state index < -0.39 is 0 Å². The van der Waals surface area contributed by atoms with Gasteiger partial charge in [-0.1, -0.05) is 19.8 Å². The lowest BCUT2D eigenvalue weighted by atomic mass is 9.94. The van der Waals surface area contributed by atoms with E-state index >= 15 is 0 Å². The fourth-order valence-electron chi connectivity index (χ4n) is 3.35. The molecule has 0 bridgehead atoms. The smallest absolute Gasteiger partial charge is 0.0687 e. The zero-order chi connectivity index (χ0) is 11.6. The molecule has 1 saturated carbocycles. The van der Waals surface area contributed by atoms with Crippen molar-refractivity contribution in [2.45, 2.75) is 76.5 Å². The molecule has 1 spiro atoms. The van der Waals surface area contributed by atoms with Gasteiger partial charge in [0.05, 0.1) is 11.7 Å². The van der Waals surface area contributed by atoms with Crippen LogP contribution in [0.25, 0.3) is 0 Å². The third-order valence-corrected chi connectivity index (χ3v) is 4.80. The summed E-state index contributed by atoms with van der Waals surface area (Å²) in [7, 11) is 2.05. The lowest BCUT2D eigenvalue weighted by molar-refractivity contribution is -0.0446. The van der Waals surface area contributed by atoms with Crippen molar-refractivity contribution >= 4 is 0 Å². The lowest BCUT2D eigenvalue weighted by Gasteiger charge is -2.26. The molecule has 2 nitrogen and oxygen atoms in total. The minimum atomic E-state index is 0.313. The molecular weight excluding hydrogens is 198 g/mol. The molecule has 3 atom stereocenters. The molecule has 2 fully saturated rings. The van der Waals surface area contributed by atoms with Crippen molar-refractivity contribution in [2.75, 3.05) is 7.05 Å². The average Bonchev–Trinajstić information content (AvgIpc) is 2.89. The second-order valence-corrected chi connectivity index (χ2v) is 5.96. The Morgan fingerprint density at radius 3 is 2.56 bits per heavy atom. The van der Waals surface area contributed by atoms with E-state index in [1.807, 2.05) is 0 Å². The molecule has 94 valence electrons. The van der Waals surface area contributed by atoms with E-state index in [2.05, 4.69) is 26.2 Å². The van der Waals surface area contributed by atoms with Crippen LogP contribution in [0.2, 0.25) is 0 Å². The lowest BCUT2D eigenvalue weighted by Crippen LogP contribution is -2.32. The Hall–Kier alpha value is -0.0800. The van der Waals surface area contributed by atoms with Crippen LogP contribution in [0.3, 0.4) is 0 Å². The highest BCUT2D eigenvalue weighted by Gasteiger charge is 2.42. The van der Waals surface area contributed by atoms with E-state index in [9.17, 15) is 0 Å². The zero-order valence-electron chi connectivity index (χ0n) is 11.1. The molecule has 0 aromatic carbocycles. The summed E-state index contributed by atoms with van der Waals surface area (Å²) in [6.07, 6.45) is 9.77. The van der Waals surface area contributed by atoms with Crippen molar-refractivity contribution < 1.29 is 4.74 Å². The largest absolute Gasteiger partial charge is 0.372 e. The van der Waals surface area contributed by atoms with Crippen LogP contribution in [0, 0.1) is 5.92 Å². The molecule has 16 heavy (non-hydrogen) atoms. The van der Waals surface area contributed by atoms with Crippen molar-refractivity contribution in [1.29, 1.82) is 0 Å². The molecule has 0 aromatic heterocycles. The maximum atomic E-state index is 6.35. The monoisotopic (exact) mass is 225 g/mol. The highest BCUT2D eigenvalue weighted by molar-refractivity contribution is 4.93. The summed E-state index contributed by atoms with van der Waals surface area (Å²) in [5, 5.41) is 3.34. The van der Waals surface area contributed by atoms with E-state index in [0.29, 0.717) is 23.7 Å². The van der Waals surface area contributed by atoms with Crippen molar-refractivity contribution in [2.24, 2.45) is 5.92 Å². The first kappa shape index (κ1) is 12.4. The Kier molecular flexibility index (Phi) is 3.91. The molecule has 0 amide bonds. The Balaban J connectivity index is 1.80. The topological polar surface area (TPSA) is 21.3 Å². The molecule has 0 radical (unpaired) electrons. The van der Waals surface area contributed by atoms with Gasteiger partial charge in [-0.3, -0.25) is 0 Å². The summed E-state index contributed by atoms with van der Waals surface area (Å²) < 4.78 is 6.35. The number of hydrogen-bond acceptors (Lipinski definition) is 2. The molecule has 2 rings (SSSR count). The fourth-order valence-corrected chi connectivity index (χ4v) is 3.35. The van der Waals surface area contributed by atoms with Crippen LogP contribution < -0.4 is 5.32 Å². The van der Waals surface area contributed by atoms with Gasteiger partial charge in [-0.2, -0.15) is 0 Å². The minimum Gasteiger partial charge on any atom is -0.372 e. The fraction of sp³-hybridized carbons (Fsp3) is 1.00. The van der Waals surface area contributed by atoms with Crippen molar-refractivity contribution in [3.63, 3.8) is 0 Å². The van der Waals surface area contributed by atoms with Gasteiger partial charge in [-0.25, -0.2) is 0 Å². The molecule has 1 saturated heterocycles. The number of rotatable bonds is 4. The second-order valence-electron chi connectivity index (χ2n) is 5.96. The first-order valence-electron chi connectivity index (χ1n) is 7.00. The van der Waals surface area contributed by atoms with Gasteiger partial charge in [0.2, 0.25) is 0 Å². The molecule has 2 heteroatoms. The number of ether oxygens (including phenoxy) is 1. The third kappa shape index (κ3) is 2.60. The van der Waals surface area contributed by atoms with Crippen LogP contribution in [-0.2, 0) is 4.74 Å². The first-order chi connectivity index (χ1) is 7.65. The third-order valence-electron chi connectivity index (χ3n) is 4.80. The van der Waals surface area contributed by atoms with Gasteiger partial charge in [0.1, 0.15) is 0 Å². The normalized spacial score (nSPS) is 32.1. The van der Waals surface area contributed by atoms with Gasteiger partial charge in [-0.05, 0) is 52.0 Å². The number of hydrogen-bond donors (Lipinski definition) is 1. The first-order valence-corrected chi connectivity index (χ1v) is 7.00. The van der Waals surface area contributed by atoms with Gasteiger partial charge < -0.3 is 10.1 Å². The molecule has 3 unspecified atom stereocenters. The van der Waals surface area contributed by atoms with Crippen LogP contribution in [0.1, 0.15) is 58.8 Å². The Labute approximate surface area is 100 Å². The Morgan fingerprint density at radius 1 is 1.25 bits per heavy atom. The van der Waals surface area contributed by atoms with Gasteiger partial charge in [-0.15, -0.1) is 0 Å². The molecule has 0 aromatic rings. The van der Waals surface area contributed by atoms with E-state index in [4.69, 9.17) is 4.74 Å². The van der Waals surface area contributed by atoms with E-state index in [1.165, 1.54) is 44.9 Å². The summed E-state index contributed by atoms with van der Waals surface area (Å²) in [6.45, 7) is 4.61. The summed E-state index contributed by atoms with van der Waals surface area (Å²) in [5.41, 5.74) is 0.313. The van der Waals surface area contributed by atoms with E-state index in [-0.39, 0.29) is 0 Å². The van der Waals surface area contributed by atoms with E-state index in [0.717, 1.165) is 0 Å². The maximum Gasteiger partial charge on any atom is 0.0687 e. The number of nitrogens with one attached hydrogen (secondary N) is 1. The van der Waals surface area contributed by atoms with Crippen LogP contribution in [0.5, 0.6) is 0 Å². The molecule has 2 aliphatic rings. The van der Waals surface area contributed by atoms with Gasteiger partial charge >= 0.3 is 0 Å². The summed E-state index contributed by atoms with van der Waals surface area (Å²) in [4.78, 5) is 0. The predicted molar refractivity (Wildman–Crippen MR) is 67.6 cm³/mol. The van der Waals surface area contributed by atoms with Gasteiger partial charge in [0, 0.05) is 6.04 Å². The predicted octanol–water partition coefficient (Wildman–Crippen LogP) is 3.11. The SMILES string of the molecule is CNC(C)C(C)CC1CCC2(CCCC2)O1. The summed E-state index contributed by atoms with van der Waals surface area (Å²) in [5.74, 6) is 0.714. The molecule has 1 aliphatic carbocycles. The summed E-state index contributed by atoms with van der Waals surface area (Å²) in [6, 6.07) is 0.601. The second kappa shape index (κ2) is 5.05. The van der Waals surface area contributed by atoms with Gasteiger partial charge in [0.15, 0.2) is 0 Å². The molecule has 1 heterocycles. The van der Waals surface area contributed by atoms with Crippen molar-refractivity contribution in [3.05, 3.63) is 0 Å². The highest BCUT2D eigenvalue weighted by Crippen LogP contribution is 2.44. The van der Waals surface area contributed by atoms with Crippen LogP contribution in [0.4, 0.5) is 0 Å².